The highest BCUT2D eigenvalue weighted by Gasteiger charge is 2.24. The van der Waals surface area contributed by atoms with Gasteiger partial charge >= 0.3 is 12.0 Å². The highest BCUT2D eigenvalue weighted by molar-refractivity contribution is 7.99. The van der Waals surface area contributed by atoms with Gasteiger partial charge in [0.2, 0.25) is 0 Å². The Labute approximate surface area is 207 Å². The summed E-state index contributed by atoms with van der Waals surface area (Å²) < 4.78 is 10.4. The van der Waals surface area contributed by atoms with Crippen molar-refractivity contribution < 1.29 is 19.4 Å². The largest absolute Gasteiger partial charge is 0.481 e. The molecule has 34 heavy (non-hydrogen) atoms. The van der Waals surface area contributed by atoms with Crippen LogP contribution in [0, 0.1) is 0 Å². The molecule has 1 unspecified atom stereocenters. The van der Waals surface area contributed by atoms with Gasteiger partial charge in [0.05, 0.1) is 49.6 Å². The highest BCUT2D eigenvalue weighted by Crippen LogP contribution is 2.36. The lowest BCUT2D eigenvalue weighted by Crippen LogP contribution is -2.38. The Bertz CT molecular complexity index is 876. The first-order valence-electron chi connectivity index (χ1n) is 11.9. The molecular weight excluding hydrogens is 452 g/mol. The summed E-state index contributed by atoms with van der Waals surface area (Å²) in [7, 11) is 3.13. The van der Waals surface area contributed by atoms with Crippen molar-refractivity contribution in [3.05, 3.63) is 36.2 Å². The first kappa shape index (κ1) is 27.7. The van der Waals surface area contributed by atoms with E-state index in [1.807, 2.05) is 37.7 Å². The first-order valence-corrected chi connectivity index (χ1v) is 13.0. The van der Waals surface area contributed by atoms with Crippen LogP contribution in [0.2, 0.25) is 0 Å². The second-order valence-electron chi connectivity index (χ2n) is 7.74. The lowest BCUT2D eigenvalue weighted by molar-refractivity contribution is -0.137. The molecule has 1 saturated heterocycles. The molecule has 3 rings (SSSR count). The van der Waals surface area contributed by atoms with Crippen LogP contribution >= 0.6 is 11.8 Å². The molecule has 2 heterocycles. The molecule has 9 heteroatoms. The van der Waals surface area contributed by atoms with Crippen LogP contribution in [0.5, 0.6) is 6.01 Å². The van der Waals surface area contributed by atoms with Crippen LogP contribution in [-0.2, 0) is 9.53 Å². The zero-order valence-electron chi connectivity index (χ0n) is 20.9. The Morgan fingerprint density at radius 1 is 1.24 bits per heavy atom. The van der Waals surface area contributed by atoms with E-state index in [0.717, 1.165) is 42.0 Å². The molecule has 0 amide bonds. The van der Waals surface area contributed by atoms with Crippen LogP contribution in [-0.4, -0.2) is 66.0 Å². The third kappa shape index (κ3) is 7.77. The number of nitrogens with one attached hydrogen (secondary N) is 1. The number of aromatic nitrogens is 2. The SMILES string of the molecule is CC.CCN(c1ccc(C(COC)CC(=O)O)cc1Nc1cnc(OC)nc1)C1CCSCC1. The molecule has 0 spiro atoms. The number of carboxylic acid groups (broad SMARTS) is 1. The number of hydrogen-bond acceptors (Lipinski definition) is 8. The van der Waals surface area contributed by atoms with Gasteiger partial charge in [-0.05, 0) is 49.0 Å². The monoisotopic (exact) mass is 490 g/mol. The fraction of sp³-hybridized carbons (Fsp3) is 0.560. The summed E-state index contributed by atoms with van der Waals surface area (Å²) in [6, 6.07) is 6.94. The molecule has 0 bridgehead atoms. The first-order chi connectivity index (χ1) is 16.5. The Hall–Kier alpha value is -2.52. The summed E-state index contributed by atoms with van der Waals surface area (Å²) >= 11 is 2.01. The highest BCUT2D eigenvalue weighted by atomic mass is 32.2. The van der Waals surface area contributed by atoms with E-state index in [-0.39, 0.29) is 12.3 Å². The number of aliphatic carboxylic acids is 1. The summed E-state index contributed by atoms with van der Waals surface area (Å²) in [5.41, 5.74) is 3.66. The lowest BCUT2D eigenvalue weighted by atomic mass is 9.95. The van der Waals surface area contributed by atoms with Crippen molar-refractivity contribution in [2.24, 2.45) is 0 Å². The number of ether oxygens (including phenoxy) is 2. The van der Waals surface area contributed by atoms with E-state index in [4.69, 9.17) is 9.47 Å². The van der Waals surface area contributed by atoms with Crippen LogP contribution in [0.4, 0.5) is 17.1 Å². The van der Waals surface area contributed by atoms with Gasteiger partial charge in [-0.15, -0.1) is 0 Å². The number of hydrogen-bond donors (Lipinski definition) is 2. The molecule has 0 radical (unpaired) electrons. The molecule has 2 N–H and O–H groups in total. The summed E-state index contributed by atoms with van der Waals surface area (Å²) in [4.78, 5) is 22.2. The second-order valence-corrected chi connectivity index (χ2v) is 8.96. The minimum atomic E-state index is -0.843. The minimum Gasteiger partial charge on any atom is -0.481 e. The maximum Gasteiger partial charge on any atom is 0.316 e. The number of thioether (sulfide) groups is 1. The van der Waals surface area contributed by atoms with Gasteiger partial charge in [-0.25, -0.2) is 9.97 Å². The van der Waals surface area contributed by atoms with Crippen molar-refractivity contribution in [2.75, 3.05) is 49.1 Å². The van der Waals surface area contributed by atoms with Crippen LogP contribution in [0.3, 0.4) is 0 Å². The average Bonchev–Trinajstić information content (AvgIpc) is 2.87. The van der Waals surface area contributed by atoms with Crippen LogP contribution in [0.15, 0.2) is 30.6 Å². The maximum absolute atomic E-state index is 11.4. The molecular formula is C25H38N4O4S. The fourth-order valence-electron chi connectivity index (χ4n) is 4.11. The summed E-state index contributed by atoms with van der Waals surface area (Å²) in [6.45, 7) is 7.40. The molecule has 1 fully saturated rings. The van der Waals surface area contributed by atoms with Crippen LogP contribution in [0.25, 0.3) is 0 Å². The maximum atomic E-state index is 11.4. The Morgan fingerprint density at radius 2 is 1.91 bits per heavy atom. The Morgan fingerprint density at radius 3 is 2.47 bits per heavy atom. The molecule has 8 nitrogen and oxygen atoms in total. The van der Waals surface area contributed by atoms with E-state index in [0.29, 0.717) is 18.7 Å². The second kappa shape index (κ2) is 14.7. The lowest BCUT2D eigenvalue weighted by Gasteiger charge is -2.36. The number of methoxy groups -OCH3 is 2. The van der Waals surface area contributed by atoms with Crippen LogP contribution in [0.1, 0.15) is 51.5 Å². The summed E-state index contributed by atoms with van der Waals surface area (Å²) in [5, 5.41) is 12.8. The molecule has 188 valence electrons. The van der Waals surface area contributed by atoms with Crippen molar-refractivity contribution in [3.63, 3.8) is 0 Å². The number of nitrogens with zero attached hydrogens (tertiary/aromatic N) is 3. The predicted molar refractivity (Wildman–Crippen MR) is 140 cm³/mol. The van der Waals surface area contributed by atoms with Crippen molar-refractivity contribution in [2.45, 2.75) is 52.0 Å². The number of benzene rings is 1. The number of carboxylic acids is 1. The van der Waals surface area contributed by atoms with Gasteiger partial charge in [-0.2, -0.15) is 11.8 Å². The van der Waals surface area contributed by atoms with Crippen molar-refractivity contribution in [1.29, 1.82) is 0 Å². The molecule has 1 aromatic heterocycles. The number of anilines is 3. The van der Waals surface area contributed by atoms with Crippen molar-refractivity contribution in [3.8, 4) is 6.01 Å². The number of carbonyl (C=O) groups is 1. The van der Waals surface area contributed by atoms with Gasteiger partial charge in [-0.1, -0.05) is 19.9 Å². The molecule has 1 aliphatic heterocycles. The van der Waals surface area contributed by atoms with Gasteiger partial charge in [0, 0.05) is 25.6 Å². The van der Waals surface area contributed by atoms with E-state index in [1.54, 1.807) is 19.5 Å². The molecule has 0 aliphatic carbocycles. The molecule has 1 aromatic carbocycles. The Kier molecular flexibility index (Phi) is 12.0. The van der Waals surface area contributed by atoms with E-state index in [1.165, 1.54) is 18.6 Å². The Balaban J connectivity index is 0.00000199. The summed E-state index contributed by atoms with van der Waals surface area (Å²) in [6.07, 6.45) is 5.67. The normalized spacial score (nSPS) is 14.5. The third-order valence-electron chi connectivity index (χ3n) is 5.65. The predicted octanol–water partition coefficient (Wildman–Crippen LogP) is 5.18. The molecule has 1 aliphatic rings. The van der Waals surface area contributed by atoms with Gasteiger partial charge in [0.25, 0.3) is 0 Å². The van der Waals surface area contributed by atoms with Gasteiger partial charge < -0.3 is 24.8 Å². The quantitative estimate of drug-likeness (QED) is 0.441. The van der Waals surface area contributed by atoms with E-state index in [2.05, 4.69) is 33.2 Å². The topological polar surface area (TPSA) is 96.8 Å². The average molecular weight is 491 g/mol. The third-order valence-corrected chi connectivity index (χ3v) is 6.70. The van der Waals surface area contributed by atoms with Gasteiger partial charge in [0.1, 0.15) is 0 Å². The smallest absolute Gasteiger partial charge is 0.316 e. The molecule has 1 atom stereocenters. The van der Waals surface area contributed by atoms with Gasteiger partial charge in [-0.3, -0.25) is 4.79 Å². The zero-order valence-corrected chi connectivity index (χ0v) is 21.7. The van der Waals surface area contributed by atoms with E-state index in [9.17, 15) is 9.90 Å². The van der Waals surface area contributed by atoms with Crippen LogP contribution < -0.4 is 15.0 Å². The van der Waals surface area contributed by atoms with E-state index < -0.39 is 5.97 Å². The van der Waals surface area contributed by atoms with Crippen molar-refractivity contribution >= 4 is 34.8 Å². The van der Waals surface area contributed by atoms with Gasteiger partial charge in [0.15, 0.2) is 0 Å². The minimum absolute atomic E-state index is 0.00954. The molecule has 0 saturated carbocycles. The van der Waals surface area contributed by atoms with E-state index >= 15 is 0 Å². The summed E-state index contributed by atoms with van der Waals surface area (Å²) in [5.74, 6) is 1.26. The fourth-order valence-corrected chi connectivity index (χ4v) is 5.19. The van der Waals surface area contributed by atoms with Crippen molar-refractivity contribution in [1.82, 2.24) is 9.97 Å². The standard InChI is InChI=1S/C23H32N4O4S.C2H6/c1-4-27(19-7-9-32-10-8-19)21-6-5-16(17(15-30-2)12-22(28)29)11-20(21)26-18-13-24-23(31-3)25-14-18;1-2/h5-6,11,13-14,17,19,26H,4,7-10,12,15H2,1-3H3,(H,28,29);1-2H3. The zero-order chi connectivity index (χ0) is 24.9. The molecule has 2 aromatic rings. The number of rotatable bonds is 11.